The fraction of sp³-hybridized carbons (Fsp3) is 1.00. The third kappa shape index (κ3) is 22.6. The maximum absolute atomic E-state index is 2.60. The number of rotatable bonds is 21. The van der Waals surface area contributed by atoms with Crippen molar-refractivity contribution in [3.8, 4) is 0 Å². The Kier molecular flexibility index (Phi) is 32.2. The summed E-state index contributed by atoms with van der Waals surface area (Å²) < 4.78 is 0. The van der Waals surface area contributed by atoms with Crippen LogP contribution < -0.4 is 6.15 Å². The average molecular weight is 420 g/mol. The first-order valence-electron chi connectivity index (χ1n) is 12.5. The molecule has 0 radical (unpaired) electrons. The van der Waals surface area contributed by atoms with Crippen molar-refractivity contribution in [1.29, 1.82) is 0 Å². The minimum atomic E-state index is 0. The van der Waals surface area contributed by atoms with Gasteiger partial charge in [0, 0.05) is 0 Å². The summed E-state index contributed by atoms with van der Waals surface area (Å²) in [7, 11) is 0.305. The lowest BCUT2D eigenvalue weighted by Crippen LogP contribution is -2.06. The van der Waals surface area contributed by atoms with Crippen LogP contribution in [-0.2, 0) is 0 Å². The zero-order valence-electron chi connectivity index (χ0n) is 20.6. The highest BCUT2D eigenvalue weighted by molar-refractivity contribution is 7.58. The number of quaternary nitrogens is 1. The standard InChI is InChI=1S/C25H53P.H3N.H2O/c1-5-8-11-14-17-20-23-26(24-21-18-15-12-9-6-2)25(4)22-19-16-13-10-7-3;;/h25H,5-24H2,1-4H3;1H3;1H2. The van der Waals surface area contributed by atoms with Crippen molar-refractivity contribution >= 4 is 7.92 Å². The number of hydrogen-bond donors (Lipinski definition) is 1. The first-order chi connectivity index (χ1) is 12.8. The molecular weight excluding hydrogens is 361 g/mol. The summed E-state index contributed by atoms with van der Waals surface area (Å²) in [6.45, 7) is 9.56. The molecule has 1 atom stereocenters. The number of hydrogen-bond acceptors (Lipinski definition) is 1. The first kappa shape index (κ1) is 33.0. The van der Waals surface area contributed by atoms with Gasteiger partial charge in [0.05, 0.1) is 0 Å². The lowest BCUT2D eigenvalue weighted by molar-refractivity contribution is 0.600. The van der Waals surface area contributed by atoms with E-state index in [1.54, 1.807) is 12.3 Å². The molecule has 0 fully saturated rings. The summed E-state index contributed by atoms with van der Waals surface area (Å²) in [5.41, 5.74) is 1.03. The molecule has 0 saturated heterocycles. The van der Waals surface area contributed by atoms with E-state index < -0.39 is 0 Å². The highest BCUT2D eigenvalue weighted by atomic mass is 31.1. The van der Waals surface area contributed by atoms with Crippen molar-refractivity contribution in [2.24, 2.45) is 0 Å². The van der Waals surface area contributed by atoms with Gasteiger partial charge in [-0.2, -0.15) is 0 Å². The second-order valence-electron chi connectivity index (χ2n) is 8.62. The topological polar surface area (TPSA) is 66.5 Å². The van der Waals surface area contributed by atoms with Crippen LogP contribution >= 0.6 is 7.92 Å². The van der Waals surface area contributed by atoms with E-state index in [2.05, 4.69) is 27.7 Å². The molecule has 0 aliphatic rings. The second kappa shape index (κ2) is 27.4. The van der Waals surface area contributed by atoms with Crippen LogP contribution in [0.15, 0.2) is 0 Å². The maximum Gasteiger partial charge on any atom is -0.0238 e. The van der Waals surface area contributed by atoms with Gasteiger partial charge >= 0.3 is 0 Å². The van der Waals surface area contributed by atoms with Crippen LogP contribution in [0.5, 0.6) is 0 Å². The Bertz CT molecular complexity index is 247. The van der Waals surface area contributed by atoms with Gasteiger partial charge in [0.2, 0.25) is 0 Å². The predicted octanol–water partition coefficient (Wildman–Crippen LogP) is 10.1. The second-order valence-corrected chi connectivity index (χ2v) is 11.6. The molecule has 0 saturated carbocycles. The summed E-state index contributed by atoms with van der Waals surface area (Å²) in [5, 5.41) is 0. The van der Waals surface area contributed by atoms with Crippen LogP contribution in [0.1, 0.15) is 143 Å². The van der Waals surface area contributed by atoms with Crippen LogP contribution in [0.4, 0.5) is 0 Å². The Morgan fingerprint density at radius 2 is 0.821 bits per heavy atom. The third-order valence-corrected chi connectivity index (χ3v) is 9.23. The van der Waals surface area contributed by atoms with Gasteiger partial charge in [-0.05, 0) is 37.2 Å². The van der Waals surface area contributed by atoms with Gasteiger partial charge in [0.25, 0.3) is 0 Å². The Labute approximate surface area is 181 Å². The molecule has 1 unspecified atom stereocenters. The maximum atomic E-state index is 2.60. The third-order valence-electron chi connectivity index (χ3n) is 5.95. The highest BCUT2D eigenvalue weighted by Crippen LogP contribution is 2.45. The van der Waals surface area contributed by atoms with E-state index in [1.807, 2.05) is 0 Å². The minimum Gasteiger partial charge on any atom is -0.870 e. The smallest absolute Gasteiger partial charge is 0.0238 e. The molecule has 0 aliphatic carbocycles. The van der Waals surface area contributed by atoms with Crippen LogP contribution in [0.3, 0.4) is 0 Å². The average Bonchev–Trinajstić information content (AvgIpc) is 2.65. The van der Waals surface area contributed by atoms with E-state index in [9.17, 15) is 0 Å². The van der Waals surface area contributed by atoms with E-state index >= 15 is 0 Å². The van der Waals surface area contributed by atoms with Crippen LogP contribution in [0, 0.1) is 0 Å². The van der Waals surface area contributed by atoms with Crippen molar-refractivity contribution in [1.82, 2.24) is 6.15 Å². The van der Waals surface area contributed by atoms with Crippen molar-refractivity contribution in [2.45, 2.75) is 149 Å². The Hall–Kier alpha value is 0.350. The first-order valence-corrected chi connectivity index (χ1v) is 14.3. The molecule has 0 spiro atoms. The van der Waals surface area contributed by atoms with E-state index in [0.717, 1.165) is 5.66 Å². The lowest BCUT2D eigenvalue weighted by Gasteiger charge is -2.25. The van der Waals surface area contributed by atoms with Crippen molar-refractivity contribution < 1.29 is 5.48 Å². The van der Waals surface area contributed by atoms with Crippen molar-refractivity contribution in [2.75, 3.05) is 12.3 Å². The summed E-state index contributed by atoms with van der Waals surface area (Å²) in [4.78, 5) is 0. The summed E-state index contributed by atoms with van der Waals surface area (Å²) in [6.07, 6.45) is 29.5. The SMILES string of the molecule is CCCCCCCCP(CCCCCCCC)C(C)CCCCCCC.[NH4+].[OH-]. The van der Waals surface area contributed by atoms with Crippen LogP contribution in [0.25, 0.3) is 0 Å². The summed E-state index contributed by atoms with van der Waals surface area (Å²) in [6, 6.07) is 0. The Morgan fingerprint density at radius 1 is 0.500 bits per heavy atom. The zero-order chi connectivity index (χ0) is 19.3. The molecule has 0 bridgehead atoms. The molecule has 3 heteroatoms. The fourth-order valence-electron chi connectivity index (χ4n) is 3.97. The predicted molar refractivity (Wildman–Crippen MR) is 134 cm³/mol. The zero-order valence-corrected chi connectivity index (χ0v) is 21.5. The molecule has 0 aromatic heterocycles. The molecule has 0 aromatic rings. The molecule has 0 rings (SSSR count). The molecule has 5 N–H and O–H groups in total. The quantitative estimate of drug-likeness (QED) is 0.146. The van der Waals surface area contributed by atoms with E-state index in [4.69, 9.17) is 0 Å². The van der Waals surface area contributed by atoms with Crippen LogP contribution in [0.2, 0.25) is 0 Å². The molecular formula is C25H58NOP. The molecule has 174 valence electrons. The Morgan fingerprint density at radius 3 is 1.21 bits per heavy atom. The van der Waals surface area contributed by atoms with E-state index in [1.165, 1.54) is 116 Å². The van der Waals surface area contributed by atoms with Crippen LogP contribution in [-0.4, -0.2) is 23.5 Å². The van der Waals surface area contributed by atoms with Gasteiger partial charge in [-0.1, -0.05) is 124 Å². The van der Waals surface area contributed by atoms with Gasteiger partial charge in [0.1, 0.15) is 0 Å². The van der Waals surface area contributed by atoms with Crippen molar-refractivity contribution in [3.63, 3.8) is 0 Å². The van der Waals surface area contributed by atoms with E-state index in [0.29, 0.717) is 7.92 Å². The van der Waals surface area contributed by atoms with Gasteiger partial charge < -0.3 is 11.6 Å². The molecule has 0 aromatic carbocycles. The molecule has 28 heavy (non-hydrogen) atoms. The van der Waals surface area contributed by atoms with Gasteiger partial charge in [-0.15, -0.1) is 7.92 Å². The molecule has 2 nitrogen and oxygen atoms in total. The Balaban J connectivity index is -0.00000312. The molecule has 0 heterocycles. The minimum absolute atomic E-state index is 0. The van der Waals surface area contributed by atoms with Crippen molar-refractivity contribution in [3.05, 3.63) is 0 Å². The number of unbranched alkanes of at least 4 members (excludes halogenated alkanes) is 14. The monoisotopic (exact) mass is 419 g/mol. The lowest BCUT2D eigenvalue weighted by atomic mass is 10.1. The van der Waals surface area contributed by atoms with E-state index in [-0.39, 0.29) is 11.6 Å². The summed E-state index contributed by atoms with van der Waals surface area (Å²) >= 11 is 0. The highest BCUT2D eigenvalue weighted by Gasteiger charge is 2.15. The largest absolute Gasteiger partial charge is 0.870 e. The fourth-order valence-corrected chi connectivity index (χ4v) is 6.88. The van der Waals surface area contributed by atoms with Gasteiger partial charge in [-0.25, -0.2) is 0 Å². The van der Waals surface area contributed by atoms with Gasteiger partial charge in [0.15, 0.2) is 0 Å². The molecule has 0 aliphatic heterocycles. The normalized spacial score (nSPS) is 11.9. The summed E-state index contributed by atoms with van der Waals surface area (Å²) in [5.74, 6) is 0. The van der Waals surface area contributed by atoms with Gasteiger partial charge in [-0.3, -0.25) is 0 Å². The molecule has 0 amide bonds.